The first-order valence-corrected chi connectivity index (χ1v) is 17.3. The molecule has 0 saturated heterocycles. The summed E-state index contributed by atoms with van der Waals surface area (Å²) in [6.07, 6.45) is 7.85. The van der Waals surface area contributed by atoms with Crippen LogP contribution in [0.5, 0.6) is 0 Å². The minimum absolute atomic E-state index is 0.168. The van der Waals surface area contributed by atoms with E-state index in [2.05, 4.69) is 90.1 Å². The summed E-state index contributed by atoms with van der Waals surface area (Å²) in [5.74, 6) is 0. The Kier molecular flexibility index (Phi) is 14.0. The van der Waals surface area contributed by atoms with Crippen molar-refractivity contribution in [2.24, 2.45) is 0 Å². The molecule has 0 aromatic heterocycles. The molecule has 0 saturated carbocycles. The molecular formula is C39H64O4. The summed E-state index contributed by atoms with van der Waals surface area (Å²) < 4.78 is 13.1. The monoisotopic (exact) mass is 596 g/mol. The first-order chi connectivity index (χ1) is 20.3. The molecular weight excluding hydrogens is 532 g/mol. The van der Waals surface area contributed by atoms with Gasteiger partial charge in [0.05, 0.1) is 35.6 Å². The highest BCUT2D eigenvalue weighted by molar-refractivity contribution is 5.41. The molecule has 244 valence electrons. The SMILES string of the molecule is CCC(O)(CC)CCOC(CC)(CC)c1ccc(C(C)(C)c2ccc(C(CC)(CC)OCCC(O)(CC)CC)cc2)cc1. The molecule has 0 amide bonds. The molecule has 2 N–H and O–H groups in total. The van der Waals surface area contributed by atoms with Crippen LogP contribution in [0.2, 0.25) is 0 Å². The third kappa shape index (κ3) is 8.72. The Balaban J connectivity index is 2.25. The minimum atomic E-state index is -0.647. The second kappa shape index (κ2) is 16.0. The summed E-state index contributed by atoms with van der Waals surface area (Å²) >= 11 is 0. The molecule has 0 heterocycles. The van der Waals surface area contributed by atoms with Gasteiger partial charge in [0.1, 0.15) is 0 Å². The van der Waals surface area contributed by atoms with Crippen molar-refractivity contribution in [2.45, 2.75) is 161 Å². The van der Waals surface area contributed by atoms with E-state index in [1.54, 1.807) is 0 Å². The van der Waals surface area contributed by atoms with Crippen molar-refractivity contribution in [3.8, 4) is 0 Å². The first-order valence-electron chi connectivity index (χ1n) is 17.3. The van der Waals surface area contributed by atoms with Crippen molar-refractivity contribution in [3.05, 3.63) is 70.8 Å². The molecule has 4 heteroatoms. The molecule has 0 fully saturated rings. The lowest BCUT2D eigenvalue weighted by atomic mass is 9.76. The van der Waals surface area contributed by atoms with Gasteiger partial charge < -0.3 is 19.7 Å². The fourth-order valence-corrected chi connectivity index (χ4v) is 6.52. The van der Waals surface area contributed by atoms with E-state index in [1.807, 2.05) is 27.7 Å². The van der Waals surface area contributed by atoms with Crippen LogP contribution in [-0.2, 0) is 26.1 Å². The summed E-state index contributed by atoms with van der Waals surface area (Å²) in [6.45, 7) is 22.6. The van der Waals surface area contributed by atoms with Crippen LogP contribution in [0.3, 0.4) is 0 Å². The zero-order chi connectivity index (χ0) is 32.4. The first kappa shape index (κ1) is 37.5. The molecule has 2 aromatic carbocycles. The van der Waals surface area contributed by atoms with Crippen molar-refractivity contribution in [1.82, 2.24) is 0 Å². The normalized spacial score (nSPS) is 13.5. The third-order valence-electron chi connectivity index (χ3n) is 11.1. The largest absolute Gasteiger partial charge is 0.390 e. The van der Waals surface area contributed by atoms with E-state index in [9.17, 15) is 10.2 Å². The Labute approximate surface area is 264 Å². The van der Waals surface area contributed by atoms with E-state index >= 15 is 0 Å². The van der Waals surface area contributed by atoms with Crippen molar-refractivity contribution in [1.29, 1.82) is 0 Å². The molecule has 0 aliphatic rings. The third-order valence-corrected chi connectivity index (χ3v) is 11.1. The fraction of sp³-hybridized carbons (Fsp3) is 0.692. The Bertz CT molecular complexity index is 968. The van der Waals surface area contributed by atoms with Gasteiger partial charge in [0.25, 0.3) is 0 Å². The number of hydrogen-bond acceptors (Lipinski definition) is 4. The summed E-state index contributed by atoms with van der Waals surface area (Å²) in [5, 5.41) is 21.5. The number of rotatable bonds is 20. The smallest absolute Gasteiger partial charge is 0.0926 e. The van der Waals surface area contributed by atoms with Crippen molar-refractivity contribution < 1.29 is 19.7 Å². The van der Waals surface area contributed by atoms with Crippen LogP contribution in [0.15, 0.2) is 48.5 Å². The van der Waals surface area contributed by atoms with Gasteiger partial charge in [-0.15, -0.1) is 0 Å². The number of benzene rings is 2. The van der Waals surface area contributed by atoms with E-state index < -0.39 is 11.2 Å². The molecule has 2 rings (SSSR count). The van der Waals surface area contributed by atoms with E-state index in [-0.39, 0.29) is 16.6 Å². The second-order valence-electron chi connectivity index (χ2n) is 13.2. The van der Waals surface area contributed by atoms with Gasteiger partial charge in [0.15, 0.2) is 0 Å². The molecule has 0 aliphatic heterocycles. The van der Waals surface area contributed by atoms with Crippen LogP contribution in [0.1, 0.15) is 156 Å². The lowest BCUT2D eigenvalue weighted by molar-refractivity contribution is -0.0849. The van der Waals surface area contributed by atoms with E-state index in [4.69, 9.17) is 9.47 Å². The van der Waals surface area contributed by atoms with Crippen LogP contribution in [0.25, 0.3) is 0 Å². The van der Waals surface area contributed by atoms with Gasteiger partial charge >= 0.3 is 0 Å². The standard InChI is InChI=1S/C39H64O4/c1-11-36(40,12-2)27-29-42-38(15-5,16-6)33-23-19-31(20-24-33)35(9,10)32-21-25-34(26-22-32)39(17-7,18-8)43-30-28-37(41,13-3)14-4/h19-26,40-41H,11-18,27-30H2,1-10H3. The zero-order valence-corrected chi connectivity index (χ0v) is 29.3. The van der Waals surface area contributed by atoms with E-state index in [0.29, 0.717) is 26.1 Å². The predicted octanol–water partition coefficient (Wildman–Crippen LogP) is 9.96. The Morgan fingerprint density at radius 1 is 0.442 bits per heavy atom. The molecule has 0 aliphatic carbocycles. The molecule has 43 heavy (non-hydrogen) atoms. The fourth-order valence-electron chi connectivity index (χ4n) is 6.52. The zero-order valence-electron chi connectivity index (χ0n) is 29.3. The number of aliphatic hydroxyl groups is 2. The van der Waals surface area contributed by atoms with Crippen molar-refractivity contribution >= 4 is 0 Å². The quantitative estimate of drug-likeness (QED) is 0.160. The molecule has 4 nitrogen and oxygen atoms in total. The van der Waals surface area contributed by atoms with Gasteiger partial charge in [-0.2, -0.15) is 0 Å². The van der Waals surface area contributed by atoms with Gasteiger partial charge in [-0.1, -0.05) is 118 Å². The van der Waals surface area contributed by atoms with Crippen LogP contribution in [0, 0.1) is 0 Å². The van der Waals surface area contributed by atoms with Crippen LogP contribution in [-0.4, -0.2) is 34.6 Å². The van der Waals surface area contributed by atoms with Crippen molar-refractivity contribution in [2.75, 3.05) is 13.2 Å². The molecule has 0 bridgehead atoms. The summed E-state index contributed by atoms with van der Waals surface area (Å²) in [4.78, 5) is 0. The average molecular weight is 597 g/mol. The van der Waals surface area contributed by atoms with Crippen LogP contribution < -0.4 is 0 Å². The van der Waals surface area contributed by atoms with Crippen molar-refractivity contribution in [3.63, 3.8) is 0 Å². The minimum Gasteiger partial charge on any atom is -0.390 e. The Hall–Kier alpha value is -1.72. The molecule has 0 radical (unpaired) electrons. The van der Waals surface area contributed by atoms with Gasteiger partial charge in [-0.05, 0) is 86.5 Å². The second-order valence-corrected chi connectivity index (χ2v) is 13.2. The maximum Gasteiger partial charge on any atom is 0.0926 e. The Morgan fingerprint density at radius 2 is 0.698 bits per heavy atom. The Morgan fingerprint density at radius 3 is 0.930 bits per heavy atom. The lowest BCUT2D eigenvalue weighted by Gasteiger charge is -2.36. The molecule has 0 atom stereocenters. The van der Waals surface area contributed by atoms with E-state index in [1.165, 1.54) is 22.3 Å². The van der Waals surface area contributed by atoms with Gasteiger partial charge in [0, 0.05) is 5.41 Å². The highest BCUT2D eigenvalue weighted by atomic mass is 16.5. The van der Waals surface area contributed by atoms with Gasteiger partial charge in [-0.3, -0.25) is 0 Å². The highest BCUT2D eigenvalue weighted by Gasteiger charge is 2.34. The average Bonchev–Trinajstić information content (AvgIpc) is 3.05. The number of ether oxygens (including phenoxy) is 2. The van der Waals surface area contributed by atoms with Gasteiger partial charge in [0.2, 0.25) is 0 Å². The lowest BCUT2D eigenvalue weighted by Crippen LogP contribution is -2.33. The van der Waals surface area contributed by atoms with E-state index in [0.717, 1.165) is 51.4 Å². The van der Waals surface area contributed by atoms with Crippen LogP contribution in [0.4, 0.5) is 0 Å². The predicted molar refractivity (Wildman–Crippen MR) is 182 cm³/mol. The molecule has 0 unspecified atom stereocenters. The highest BCUT2D eigenvalue weighted by Crippen LogP contribution is 2.39. The number of hydrogen-bond donors (Lipinski definition) is 2. The maximum atomic E-state index is 10.8. The van der Waals surface area contributed by atoms with Crippen LogP contribution >= 0.6 is 0 Å². The summed E-state index contributed by atoms with van der Waals surface area (Å²) in [6, 6.07) is 18.0. The molecule has 0 spiro atoms. The summed E-state index contributed by atoms with van der Waals surface area (Å²) in [7, 11) is 0. The summed E-state index contributed by atoms with van der Waals surface area (Å²) in [5.41, 5.74) is 2.79. The maximum absolute atomic E-state index is 10.8. The topological polar surface area (TPSA) is 58.9 Å². The van der Waals surface area contributed by atoms with Gasteiger partial charge in [-0.25, -0.2) is 0 Å². The molecule has 2 aromatic rings.